The van der Waals surface area contributed by atoms with Crippen LogP contribution in [-0.4, -0.2) is 40.0 Å². The van der Waals surface area contributed by atoms with Gasteiger partial charge in [0.2, 0.25) is 11.8 Å². The minimum atomic E-state index is -1.20. The van der Waals surface area contributed by atoms with Gasteiger partial charge in [0.05, 0.1) is 17.9 Å². The van der Waals surface area contributed by atoms with Crippen molar-refractivity contribution < 1.29 is 28.8 Å². The first-order chi connectivity index (χ1) is 14.9. The molecule has 2 N–H and O–H groups in total. The number of hydrogen-bond donors (Lipinski definition) is 2. The van der Waals surface area contributed by atoms with E-state index in [2.05, 4.69) is 0 Å². The first kappa shape index (κ1) is 20.7. The molecule has 0 spiro atoms. The third-order valence-corrected chi connectivity index (χ3v) is 7.67. The van der Waals surface area contributed by atoms with Crippen LogP contribution in [0.15, 0.2) is 29.2 Å². The van der Waals surface area contributed by atoms with Gasteiger partial charge in [0.25, 0.3) is 0 Å². The monoisotopic (exact) mass is 427 g/mol. The van der Waals surface area contributed by atoms with Crippen LogP contribution in [0.2, 0.25) is 0 Å². The van der Waals surface area contributed by atoms with Crippen molar-refractivity contribution in [2.45, 2.75) is 64.0 Å². The van der Waals surface area contributed by atoms with Crippen LogP contribution in [0.25, 0.3) is 0 Å². The molecule has 2 aliphatic carbocycles. The molecule has 6 nitrogen and oxygen atoms in total. The molecule has 2 saturated heterocycles. The largest absolute Gasteiger partial charge is 0.505 e. The Morgan fingerprint density at radius 2 is 1.87 bits per heavy atom. The lowest BCUT2D eigenvalue weighted by molar-refractivity contribution is -0.143. The van der Waals surface area contributed by atoms with Gasteiger partial charge in [-0.15, -0.1) is 0 Å². The van der Waals surface area contributed by atoms with Crippen LogP contribution in [0.3, 0.4) is 0 Å². The molecule has 0 unspecified atom stereocenters. The molecule has 0 aromatic heterocycles. The Labute approximate surface area is 181 Å². The number of rotatable bonds is 2. The molecule has 2 aliphatic heterocycles. The average Bonchev–Trinajstić information content (AvgIpc) is 3.00. The van der Waals surface area contributed by atoms with E-state index in [1.807, 2.05) is 6.92 Å². The molecule has 1 aromatic rings. The summed E-state index contributed by atoms with van der Waals surface area (Å²) >= 11 is 0. The lowest BCUT2D eigenvalue weighted by Gasteiger charge is -2.41. The number of hydrogen-bond acceptors (Lipinski definition) is 5. The Bertz CT molecular complexity index is 959. The van der Waals surface area contributed by atoms with E-state index in [1.165, 1.54) is 17.0 Å². The molecule has 1 aromatic carbocycles. The molecule has 1 saturated carbocycles. The number of allylic oxidation sites excluding steroid dienone is 2. The first-order valence-corrected chi connectivity index (χ1v) is 11.2. The lowest BCUT2D eigenvalue weighted by atomic mass is 9.55. The molecule has 2 heterocycles. The van der Waals surface area contributed by atoms with E-state index in [1.54, 1.807) is 6.07 Å². The highest BCUT2D eigenvalue weighted by atomic mass is 19.1. The maximum atomic E-state index is 13.9. The number of likely N-dealkylation sites (tertiary alicyclic amines) is 1. The Morgan fingerprint density at radius 3 is 2.58 bits per heavy atom. The van der Waals surface area contributed by atoms with Gasteiger partial charge in [0.15, 0.2) is 11.6 Å². The topological polar surface area (TPSA) is 87.1 Å². The van der Waals surface area contributed by atoms with E-state index >= 15 is 0 Å². The number of fused-ring (bicyclic) bond motifs is 3. The predicted octanol–water partition coefficient (Wildman–Crippen LogP) is 3.28. The summed E-state index contributed by atoms with van der Waals surface area (Å²) in [6, 6.07) is 4.00. The van der Waals surface area contributed by atoms with Crippen molar-refractivity contribution >= 4 is 18.9 Å². The quantitative estimate of drug-likeness (QED) is 0.559. The first-order valence-electron chi connectivity index (χ1n) is 11.2. The number of carbonyl (C=O) groups is 2. The summed E-state index contributed by atoms with van der Waals surface area (Å²) in [6.07, 6.45) is 5.15. The second kappa shape index (κ2) is 7.75. The van der Waals surface area contributed by atoms with Crippen LogP contribution in [0.4, 0.5) is 4.39 Å². The number of aromatic hydroxyl groups is 1. The summed E-state index contributed by atoms with van der Waals surface area (Å²) in [4.78, 5) is 28.4. The summed E-state index contributed by atoms with van der Waals surface area (Å²) < 4.78 is 19.7. The van der Waals surface area contributed by atoms with Crippen LogP contribution in [0.5, 0.6) is 5.75 Å². The molecule has 0 bridgehead atoms. The van der Waals surface area contributed by atoms with Crippen LogP contribution in [0.1, 0.15) is 63.5 Å². The van der Waals surface area contributed by atoms with E-state index in [0.29, 0.717) is 23.9 Å². The molecule has 5 rings (SSSR count). The molecule has 2 amide bonds. The van der Waals surface area contributed by atoms with Crippen molar-refractivity contribution in [2.24, 2.45) is 17.8 Å². The maximum absolute atomic E-state index is 13.9. The number of halogens is 1. The fourth-order valence-corrected chi connectivity index (χ4v) is 6.22. The highest BCUT2D eigenvalue weighted by molar-refractivity contribution is 6.53. The van der Waals surface area contributed by atoms with Crippen molar-refractivity contribution in [1.82, 2.24) is 4.90 Å². The van der Waals surface area contributed by atoms with Gasteiger partial charge in [-0.25, -0.2) is 4.39 Å². The predicted molar refractivity (Wildman–Crippen MR) is 111 cm³/mol. The summed E-state index contributed by atoms with van der Waals surface area (Å²) in [5.41, 5.74) is 2.10. The zero-order valence-corrected chi connectivity index (χ0v) is 17.6. The van der Waals surface area contributed by atoms with Crippen molar-refractivity contribution in [1.29, 1.82) is 0 Å². The Morgan fingerprint density at radius 1 is 1.13 bits per heavy atom. The smallest absolute Gasteiger partial charge is 0.487 e. The molecule has 164 valence electrons. The van der Waals surface area contributed by atoms with E-state index in [-0.39, 0.29) is 23.8 Å². The van der Waals surface area contributed by atoms with Gasteiger partial charge >= 0.3 is 7.12 Å². The van der Waals surface area contributed by atoms with Crippen molar-refractivity contribution in [2.75, 3.05) is 0 Å². The van der Waals surface area contributed by atoms with Gasteiger partial charge in [0.1, 0.15) is 0 Å². The summed E-state index contributed by atoms with van der Waals surface area (Å²) in [5.74, 6) is -2.63. The molecule has 31 heavy (non-hydrogen) atoms. The van der Waals surface area contributed by atoms with Gasteiger partial charge in [-0.3, -0.25) is 14.5 Å². The van der Waals surface area contributed by atoms with Gasteiger partial charge in [-0.2, -0.15) is 0 Å². The number of benzene rings is 1. The Hall–Kier alpha value is -2.19. The lowest BCUT2D eigenvalue weighted by Crippen LogP contribution is -2.45. The molecular formula is C23H27BFNO5. The van der Waals surface area contributed by atoms with Gasteiger partial charge < -0.3 is 14.8 Å². The zero-order valence-electron chi connectivity index (χ0n) is 17.6. The van der Waals surface area contributed by atoms with E-state index < -0.39 is 36.6 Å². The van der Waals surface area contributed by atoms with Crippen LogP contribution >= 0.6 is 0 Å². The Kier molecular flexibility index (Phi) is 5.17. The maximum Gasteiger partial charge on any atom is 0.487 e. The van der Waals surface area contributed by atoms with Gasteiger partial charge in [0, 0.05) is 6.04 Å². The van der Waals surface area contributed by atoms with E-state index in [9.17, 15) is 24.1 Å². The third kappa shape index (κ3) is 3.31. The molecule has 4 aliphatic rings. The molecule has 0 radical (unpaired) electrons. The zero-order chi connectivity index (χ0) is 21.9. The molecule has 4 atom stereocenters. The second-order valence-electron chi connectivity index (χ2n) is 9.44. The number of imide groups is 1. The van der Waals surface area contributed by atoms with Crippen LogP contribution < -0.4 is 0 Å². The van der Waals surface area contributed by atoms with E-state index in [0.717, 1.165) is 37.7 Å². The number of nitrogens with zero attached hydrogens (tertiary/aromatic N) is 1. The standard InChI is InChI=1S/C23H27BFNO5/c1-12-9-16-20(23(29)26(22(16)28)14-5-3-2-4-6-14)15-11-19(31-24(30)21(12)15)13-7-8-18(27)17(25)10-13/h7-8,10,14-16,19-20,27,30H,2-6,9,11H2,1H3/t15-,16-,19-,20+/m0/s1. The number of amides is 2. The normalized spacial score (nSPS) is 31.8. The average molecular weight is 427 g/mol. The highest BCUT2D eigenvalue weighted by Crippen LogP contribution is 2.52. The van der Waals surface area contributed by atoms with Gasteiger partial charge in [-0.05, 0) is 61.7 Å². The van der Waals surface area contributed by atoms with Crippen molar-refractivity contribution in [3.8, 4) is 5.75 Å². The Balaban J connectivity index is 1.48. The fraction of sp³-hybridized carbons (Fsp3) is 0.565. The van der Waals surface area contributed by atoms with Crippen molar-refractivity contribution in [3.63, 3.8) is 0 Å². The highest BCUT2D eigenvalue weighted by Gasteiger charge is 2.58. The van der Waals surface area contributed by atoms with Gasteiger partial charge in [-0.1, -0.05) is 30.9 Å². The molecule has 3 fully saturated rings. The number of carbonyl (C=O) groups excluding carboxylic acids is 2. The fourth-order valence-electron chi connectivity index (χ4n) is 6.22. The van der Waals surface area contributed by atoms with Crippen LogP contribution in [-0.2, 0) is 14.2 Å². The number of phenolic OH excluding ortho intramolecular Hbond substituents is 1. The second-order valence-corrected chi connectivity index (χ2v) is 9.44. The minimum Gasteiger partial charge on any atom is -0.505 e. The molecular weight excluding hydrogens is 400 g/mol. The number of phenols is 1. The van der Waals surface area contributed by atoms with Crippen LogP contribution in [0, 0.1) is 23.6 Å². The SMILES string of the molecule is CC1=C2B(O)O[C@H](c3ccc(O)c(F)c3)C[C@H]2[C@H]2C(=O)N(C3CCCCC3)C(=O)[C@H]2C1. The van der Waals surface area contributed by atoms with E-state index in [4.69, 9.17) is 4.65 Å². The third-order valence-electron chi connectivity index (χ3n) is 7.67. The summed E-state index contributed by atoms with van der Waals surface area (Å²) in [6.45, 7) is 1.90. The van der Waals surface area contributed by atoms with Crippen molar-refractivity contribution in [3.05, 3.63) is 40.6 Å². The molecule has 8 heteroatoms. The summed E-state index contributed by atoms with van der Waals surface area (Å²) in [5, 5.41) is 20.3. The minimum absolute atomic E-state index is 0.0186. The summed E-state index contributed by atoms with van der Waals surface area (Å²) in [7, 11) is -1.20.